The average Bonchev–Trinajstić information content (AvgIpc) is 2.17. The molecule has 2 aromatic rings. The van der Waals surface area contributed by atoms with Gasteiger partial charge in [0.15, 0.2) is 0 Å². The molecule has 0 spiro atoms. The minimum atomic E-state index is 0.0586. The monoisotopic (exact) mass is 204 g/mol. The molecule has 0 aliphatic rings. The molecule has 0 aromatic heterocycles. The Morgan fingerprint density at radius 3 is 2.47 bits per heavy atom. The highest BCUT2D eigenvalue weighted by Gasteiger charge is 2.10. The van der Waals surface area contributed by atoms with Gasteiger partial charge in [0.05, 0.1) is 12.5 Å². The van der Waals surface area contributed by atoms with Crippen molar-refractivity contribution in [1.29, 1.82) is 0 Å². The third-order valence-corrected chi connectivity index (χ3v) is 2.40. The fourth-order valence-corrected chi connectivity index (χ4v) is 1.74. The molecule has 0 bridgehead atoms. The van der Waals surface area contributed by atoms with E-state index in [4.69, 9.17) is 4.74 Å². The normalized spacial score (nSPS) is 10.5. The minimum absolute atomic E-state index is 0.0586. The molecule has 3 nitrogen and oxygen atoms in total. The van der Waals surface area contributed by atoms with Crippen LogP contribution in [0.15, 0.2) is 24.3 Å². The molecule has 0 unspecified atom stereocenters. The van der Waals surface area contributed by atoms with E-state index in [9.17, 15) is 10.2 Å². The Bertz CT molecular complexity index is 518. The van der Waals surface area contributed by atoms with Crippen LogP contribution in [0.1, 0.15) is 5.56 Å². The van der Waals surface area contributed by atoms with Crippen LogP contribution in [0.25, 0.3) is 10.8 Å². The van der Waals surface area contributed by atoms with Gasteiger partial charge >= 0.3 is 0 Å². The summed E-state index contributed by atoms with van der Waals surface area (Å²) in [5, 5.41) is 20.5. The van der Waals surface area contributed by atoms with E-state index in [1.807, 2.05) is 13.0 Å². The first-order valence-electron chi connectivity index (χ1n) is 4.62. The van der Waals surface area contributed by atoms with Crippen LogP contribution in [0.5, 0.6) is 17.2 Å². The molecule has 0 aliphatic carbocycles. The van der Waals surface area contributed by atoms with Gasteiger partial charge in [0.1, 0.15) is 17.2 Å². The van der Waals surface area contributed by atoms with Crippen molar-refractivity contribution in [2.45, 2.75) is 6.92 Å². The highest BCUT2D eigenvalue weighted by molar-refractivity contribution is 5.97. The van der Waals surface area contributed by atoms with E-state index < -0.39 is 0 Å². The van der Waals surface area contributed by atoms with Crippen LogP contribution in [-0.2, 0) is 0 Å². The van der Waals surface area contributed by atoms with E-state index in [1.54, 1.807) is 19.2 Å². The minimum Gasteiger partial charge on any atom is -0.507 e. The van der Waals surface area contributed by atoms with Crippen molar-refractivity contribution in [3.05, 3.63) is 29.8 Å². The molecule has 2 aromatic carbocycles. The molecular formula is C12H12O3. The molecule has 0 fully saturated rings. The van der Waals surface area contributed by atoms with Gasteiger partial charge in [0.2, 0.25) is 0 Å². The predicted molar refractivity (Wildman–Crippen MR) is 58.6 cm³/mol. The lowest BCUT2D eigenvalue weighted by atomic mass is 10.0. The second-order valence-electron chi connectivity index (χ2n) is 3.49. The zero-order valence-corrected chi connectivity index (χ0v) is 8.61. The largest absolute Gasteiger partial charge is 0.507 e. The number of hydrogen-bond acceptors (Lipinski definition) is 3. The molecule has 0 saturated carbocycles. The number of phenols is 2. The molecule has 0 aliphatic heterocycles. The van der Waals surface area contributed by atoms with Crippen LogP contribution in [0.2, 0.25) is 0 Å². The number of rotatable bonds is 1. The Morgan fingerprint density at radius 2 is 1.80 bits per heavy atom. The lowest BCUT2D eigenvalue weighted by Gasteiger charge is -2.09. The maximum Gasteiger partial charge on any atom is 0.127 e. The Kier molecular flexibility index (Phi) is 2.15. The Hall–Kier alpha value is -1.90. The highest BCUT2D eigenvalue weighted by atomic mass is 16.5. The van der Waals surface area contributed by atoms with E-state index >= 15 is 0 Å². The standard InChI is InChI=1S/C12H12O3/c1-7-5-8-11(15-2)4-3-9(13)12(8)10(14)6-7/h3-6,13-14H,1-2H3. The summed E-state index contributed by atoms with van der Waals surface area (Å²) in [6.45, 7) is 1.88. The van der Waals surface area contributed by atoms with Crippen LogP contribution in [0.3, 0.4) is 0 Å². The van der Waals surface area contributed by atoms with Crippen LogP contribution in [0, 0.1) is 6.92 Å². The highest BCUT2D eigenvalue weighted by Crippen LogP contribution is 2.38. The van der Waals surface area contributed by atoms with Gasteiger partial charge < -0.3 is 14.9 Å². The predicted octanol–water partition coefficient (Wildman–Crippen LogP) is 2.57. The quantitative estimate of drug-likeness (QED) is 0.750. The smallest absolute Gasteiger partial charge is 0.127 e. The number of aryl methyl sites for hydroxylation is 1. The second-order valence-corrected chi connectivity index (χ2v) is 3.49. The summed E-state index contributed by atoms with van der Waals surface area (Å²) < 4.78 is 5.17. The topological polar surface area (TPSA) is 49.7 Å². The van der Waals surface area contributed by atoms with E-state index in [2.05, 4.69) is 0 Å². The molecule has 15 heavy (non-hydrogen) atoms. The summed E-state index contributed by atoms with van der Waals surface area (Å²) in [6, 6.07) is 6.67. The number of ether oxygens (including phenoxy) is 1. The third-order valence-electron chi connectivity index (χ3n) is 2.40. The fourth-order valence-electron chi connectivity index (χ4n) is 1.74. The third kappa shape index (κ3) is 1.46. The molecule has 0 heterocycles. The van der Waals surface area contributed by atoms with Crippen molar-refractivity contribution in [2.75, 3.05) is 7.11 Å². The lowest BCUT2D eigenvalue weighted by Crippen LogP contribution is -1.86. The van der Waals surface area contributed by atoms with Crippen molar-refractivity contribution in [3.63, 3.8) is 0 Å². The molecule has 0 amide bonds. The number of aromatic hydroxyl groups is 2. The number of benzene rings is 2. The first kappa shape index (κ1) is 9.65. The van der Waals surface area contributed by atoms with Gasteiger partial charge in [-0.1, -0.05) is 0 Å². The summed E-state index contributed by atoms with van der Waals surface area (Å²) in [7, 11) is 1.56. The zero-order valence-electron chi connectivity index (χ0n) is 8.61. The number of methoxy groups -OCH3 is 1. The summed E-state index contributed by atoms with van der Waals surface area (Å²) in [6.07, 6.45) is 0. The van der Waals surface area contributed by atoms with Crippen molar-refractivity contribution in [3.8, 4) is 17.2 Å². The summed E-state index contributed by atoms with van der Waals surface area (Å²) in [5.74, 6) is 0.770. The Morgan fingerprint density at radius 1 is 1.07 bits per heavy atom. The van der Waals surface area contributed by atoms with E-state index in [0.717, 1.165) is 10.9 Å². The van der Waals surface area contributed by atoms with Crippen LogP contribution < -0.4 is 4.74 Å². The number of fused-ring (bicyclic) bond motifs is 1. The van der Waals surface area contributed by atoms with Crippen LogP contribution >= 0.6 is 0 Å². The number of phenolic OH excluding ortho intramolecular Hbond substituents is 2. The lowest BCUT2D eigenvalue weighted by molar-refractivity contribution is 0.417. The van der Waals surface area contributed by atoms with E-state index in [0.29, 0.717) is 11.1 Å². The second kappa shape index (κ2) is 3.35. The zero-order chi connectivity index (χ0) is 11.0. The molecular weight excluding hydrogens is 192 g/mol. The number of hydrogen-bond donors (Lipinski definition) is 2. The first-order valence-corrected chi connectivity index (χ1v) is 4.62. The van der Waals surface area contributed by atoms with Gasteiger partial charge in [-0.05, 0) is 36.8 Å². The summed E-state index contributed by atoms with van der Waals surface area (Å²) in [5.41, 5.74) is 0.920. The van der Waals surface area contributed by atoms with Crippen molar-refractivity contribution < 1.29 is 14.9 Å². The maximum atomic E-state index is 9.74. The molecule has 78 valence electrons. The molecule has 3 heteroatoms. The SMILES string of the molecule is COc1ccc(O)c2c(O)cc(C)cc12. The molecule has 2 N–H and O–H groups in total. The molecule has 0 saturated heterocycles. The van der Waals surface area contributed by atoms with E-state index in [-0.39, 0.29) is 11.5 Å². The molecule has 2 rings (SSSR count). The summed E-state index contributed by atoms with van der Waals surface area (Å²) in [4.78, 5) is 0. The van der Waals surface area contributed by atoms with Gasteiger partial charge in [-0.3, -0.25) is 0 Å². The van der Waals surface area contributed by atoms with Crippen molar-refractivity contribution in [2.24, 2.45) is 0 Å². The molecule has 0 radical (unpaired) electrons. The molecule has 0 atom stereocenters. The fraction of sp³-hybridized carbons (Fsp3) is 0.167. The first-order chi connectivity index (χ1) is 7.13. The average molecular weight is 204 g/mol. The van der Waals surface area contributed by atoms with Gasteiger partial charge in [-0.2, -0.15) is 0 Å². The van der Waals surface area contributed by atoms with Gasteiger partial charge in [0.25, 0.3) is 0 Å². The van der Waals surface area contributed by atoms with Gasteiger partial charge in [-0.15, -0.1) is 0 Å². The Labute approximate surface area is 87.5 Å². The van der Waals surface area contributed by atoms with Crippen LogP contribution in [-0.4, -0.2) is 17.3 Å². The summed E-state index contributed by atoms with van der Waals surface area (Å²) >= 11 is 0. The Balaban J connectivity index is 2.93. The van der Waals surface area contributed by atoms with Crippen LogP contribution in [0.4, 0.5) is 0 Å². The van der Waals surface area contributed by atoms with Gasteiger partial charge in [-0.25, -0.2) is 0 Å². The maximum absolute atomic E-state index is 9.74. The van der Waals surface area contributed by atoms with E-state index in [1.165, 1.54) is 6.07 Å². The van der Waals surface area contributed by atoms with Crippen molar-refractivity contribution in [1.82, 2.24) is 0 Å². The van der Waals surface area contributed by atoms with Gasteiger partial charge in [0, 0.05) is 5.39 Å². The van der Waals surface area contributed by atoms with Crippen molar-refractivity contribution >= 4 is 10.8 Å².